The van der Waals surface area contributed by atoms with Gasteiger partial charge >= 0.3 is 7.48 Å². The first-order valence-corrected chi connectivity index (χ1v) is 4.72. The maximum Gasteiger partial charge on any atom is 0.333 e. The van der Waals surface area contributed by atoms with Crippen LogP contribution in [0.15, 0.2) is 12.4 Å². The van der Waals surface area contributed by atoms with Crippen LogP contribution >= 0.6 is 0 Å². The van der Waals surface area contributed by atoms with Gasteiger partial charge in [-0.15, -0.1) is 0 Å². The summed E-state index contributed by atoms with van der Waals surface area (Å²) in [4.78, 5) is 9.72. The molecule has 0 aromatic carbocycles. The van der Waals surface area contributed by atoms with E-state index in [0.29, 0.717) is 25.9 Å². The molecule has 1 aliphatic heterocycles. The minimum atomic E-state index is 0.382. The van der Waals surface area contributed by atoms with Crippen molar-refractivity contribution in [1.82, 2.24) is 9.78 Å². The van der Waals surface area contributed by atoms with Crippen molar-refractivity contribution in [2.45, 2.75) is 24.7 Å². The van der Waals surface area contributed by atoms with E-state index in [2.05, 4.69) is 16.0 Å². The molecule has 5 heteroatoms. The normalized spacial score (nSPS) is 27.5. The summed E-state index contributed by atoms with van der Waals surface area (Å²) in [5, 5.41) is 4.33. The zero-order valence-electron chi connectivity index (χ0n) is 7.35. The van der Waals surface area contributed by atoms with Crippen molar-refractivity contribution in [2.75, 3.05) is 6.61 Å². The molecule has 1 unspecified atom stereocenters. The van der Waals surface area contributed by atoms with E-state index in [0.717, 1.165) is 0 Å². The molecule has 1 saturated heterocycles. The Morgan fingerprint density at radius 3 is 3.15 bits per heavy atom. The van der Waals surface area contributed by atoms with Crippen LogP contribution in [0.4, 0.5) is 0 Å². The van der Waals surface area contributed by atoms with Crippen molar-refractivity contribution < 1.29 is 9.69 Å². The molecule has 0 spiro atoms. The first kappa shape index (κ1) is 7.59. The van der Waals surface area contributed by atoms with E-state index >= 15 is 0 Å². The number of nitrogens with zero attached hydrogens (tertiary/aromatic N) is 2. The van der Waals surface area contributed by atoms with E-state index in [9.17, 15) is 0 Å². The Bertz CT molecular complexity index is 305. The highest BCUT2D eigenvalue weighted by Crippen LogP contribution is 2.34. The fourth-order valence-electron chi connectivity index (χ4n) is 1.60. The van der Waals surface area contributed by atoms with Gasteiger partial charge in [-0.1, -0.05) is 0 Å². The second-order valence-electron chi connectivity index (χ2n) is 3.75. The summed E-state index contributed by atoms with van der Waals surface area (Å²) in [6, 6.07) is 0.664. The van der Waals surface area contributed by atoms with Gasteiger partial charge < -0.3 is 4.81 Å². The average molecular weight is 178 g/mol. The molecule has 2 heterocycles. The van der Waals surface area contributed by atoms with Crippen molar-refractivity contribution in [3.8, 4) is 0 Å². The maximum absolute atomic E-state index is 4.86. The highest BCUT2D eigenvalue weighted by molar-refractivity contribution is 6.30. The van der Waals surface area contributed by atoms with Crippen LogP contribution in [0.5, 0.6) is 0 Å². The third-order valence-electron chi connectivity index (χ3n) is 2.64. The Morgan fingerprint density at radius 1 is 1.54 bits per heavy atom. The molecular formula is C8H11BN2O2. The summed E-state index contributed by atoms with van der Waals surface area (Å²) < 4.78 is 2.06. The fraction of sp³-hybridized carbons (Fsp3) is 0.625. The number of rotatable bonds is 2. The molecule has 2 fully saturated rings. The predicted molar refractivity (Wildman–Crippen MR) is 47.4 cm³/mol. The first-order chi connectivity index (χ1) is 6.43. The molecule has 4 nitrogen and oxygen atoms in total. The second-order valence-corrected chi connectivity index (χ2v) is 3.75. The van der Waals surface area contributed by atoms with E-state index in [1.54, 1.807) is 0 Å². The Balaban J connectivity index is 1.79. The van der Waals surface area contributed by atoms with Crippen molar-refractivity contribution in [2.24, 2.45) is 0 Å². The molecule has 0 radical (unpaired) electrons. The van der Waals surface area contributed by atoms with E-state index in [1.807, 2.05) is 6.20 Å². The standard InChI is InChI=1S/C8H11BN2O2/c1-2-7(1)11-4-6(3-10-11)8-5-12-13-9-8/h3-4,7-9H,1-2,5H2. The van der Waals surface area contributed by atoms with Crippen molar-refractivity contribution in [3.63, 3.8) is 0 Å². The molecule has 13 heavy (non-hydrogen) atoms. The quantitative estimate of drug-likeness (QED) is 0.490. The monoisotopic (exact) mass is 178 g/mol. The lowest BCUT2D eigenvalue weighted by Gasteiger charge is -1.98. The molecule has 68 valence electrons. The van der Waals surface area contributed by atoms with Gasteiger partial charge in [0.15, 0.2) is 0 Å². The van der Waals surface area contributed by atoms with Gasteiger partial charge in [-0.25, -0.2) is 0 Å². The largest absolute Gasteiger partial charge is 0.333 e. The molecule has 1 saturated carbocycles. The summed E-state index contributed by atoms with van der Waals surface area (Å²) in [6.07, 6.45) is 6.61. The van der Waals surface area contributed by atoms with Gasteiger partial charge in [-0.2, -0.15) is 5.10 Å². The van der Waals surface area contributed by atoms with E-state index in [-0.39, 0.29) is 0 Å². The average Bonchev–Trinajstić information content (AvgIpc) is 2.72. The first-order valence-electron chi connectivity index (χ1n) is 4.72. The van der Waals surface area contributed by atoms with Gasteiger partial charge in [0.05, 0.1) is 18.8 Å². The van der Waals surface area contributed by atoms with Gasteiger partial charge in [-0.3, -0.25) is 9.57 Å². The third kappa shape index (κ3) is 1.38. The molecule has 1 aromatic rings. The third-order valence-corrected chi connectivity index (χ3v) is 2.64. The van der Waals surface area contributed by atoms with Crippen LogP contribution in [0.2, 0.25) is 0 Å². The summed E-state index contributed by atoms with van der Waals surface area (Å²) in [7, 11) is 0.663. The molecule has 0 bridgehead atoms. The Kier molecular flexibility index (Phi) is 1.66. The molecular weight excluding hydrogens is 167 g/mol. The van der Waals surface area contributed by atoms with E-state index in [4.69, 9.17) is 9.69 Å². The fourth-order valence-corrected chi connectivity index (χ4v) is 1.60. The van der Waals surface area contributed by atoms with Crippen LogP contribution in [0.3, 0.4) is 0 Å². The molecule has 1 atom stereocenters. The van der Waals surface area contributed by atoms with Gasteiger partial charge in [0.25, 0.3) is 0 Å². The summed E-state index contributed by atoms with van der Waals surface area (Å²) in [5.41, 5.74) is 1.24. The minimum absolute atomic E-state index is 0.382. The zero-order valence-corrected chi connectivity index (χ0v) is 7.35. The van der Waals surface area contributed by atoms with Crippen molar-refractivity contribution in [3.05, 3.63) is 18.0 Å². The molecule has 1 aliphatic carbocycles. The van der Waals surface area contributed by atoms with Crippen LogP contribution < -0.4 is 0 Å². The highest BCUT2D eigenvalue weighted by Gasteiger charge is 2.27. The lowest BCUT2D eigenvalue weighted by Crippen LogP contribution is -2.03. The number of aromatic nitrogens is 2. The molecule has 0 amide bonds. The maximum atomic E-state index is 4.86. The smallest absolute Gasteiger partial charge is 0.309 e. The number of hydrogen-bond acceptors (Lipinski definition) is 3. The zero-order chi connectivity index (χ0) is 8.67. The predicted octanol–water partition coefficient (Wildman–Crippen LogP) is 0.572. The number of hydrogen-bond donors (Lipinski definition) is 0. The molecule has 3 rings (SSSR count). The minimum Gasteiger partial charge on any atom is -0.309 e. The van der Waals surface area contributed by atoms with Crippen LogP contribution in [0.25, 0.3) is 0 Å². The Hall–Kier alpha value is -0.805. The van der Waals surface area contributed by atoms with Crippen molar-refractivity contribution >= 4 is 7.48 Å². The van der Waals surface area contributed by atoms with Crippen molar-refractivity contribution in [1.29, 1.82) is 0 Å². The van der Waals surface area contributed by atoms with Crippen LogP contribution in [-0.2, 0) is 9.69 Å². The van der Waals surface area contributed by atoms with Crippen LogP contribution in [-0.4, -0.2) is 23.9 Å². The van der Waals surface area contributed by atoms with Crippen LogP contribution in [0, 0.1) is 0 Å². The molecule has 2 aliphatic rings. The molecule has 1 aromatic heterocycles. The van der Waals surface area contributed by atoms with Gasteiger partial charge in [0.1, 0.15) is 0 Å². The Labute approximate surface area is 77.0 Å². The summed E-state index contributed by atoms with van der Waals surface area (Å²) >= 11 is 0. The van der Waals surface area contributed by atoms with Crippen LogP contribution in [0.1, 0.15) is 30.3 Å². The van der Waals surface area contributed by atoms with E-state index in [1.165, 1.54) is 18.4 Å². The summed E-state index contributed by atoms with van der Waals surface area (Å²) in [6.45, 7) is 0.663. The van der Waals surface area contributed by atoms with Gasteiger partial charge in [-0.05, 0) is 18.4 Å². The second kappa shape index (κ2) is 2.85. The molecule has 0 N–H and O–H groups in total. The lowest BCUT2D eigenvalue weighted by atomic mass is 9.78. The topological polar surface area (TPSA) is 36.3 Å². The highest BCUT2D eigenvalue weighted by atomic mass is 17.2. The Morgan fingerprint density at radius 2 is 2.46 bits per heavy atom. The summed E-state index contributed by atoms with van der Waals surface area (Å²) in [5.74, 6) is 0.382. The van der Waals surface area contributed by atoms with Gasteiger partial charge in [0.2, 0.25) is 0 Å². The van der Waals surface area contributed by atoms with E-state index < -0.39 is 0 Å². The SMILES string of the molecule is B1OOCC1c1cnn(C2CC2)c1. The lowest BCUT2D eigenvalue weighted by molar-refractivity contribution is -0.183. The van der Waals surface area contributed by atoms with Gasteiger partial charge in [0, 0.05) is 12.0 Å².